The molecule has 1 aliphatic rings. The number of benzene rings is 1. The molecule has 0 unspecified atom stereocenters. The maximum atomic E-state index is 13.0. The first-order chi connectivity index (χ1) is 15.4. The van der Waals surface area contributed by atoms with Gasteiger partial charge in [0.15, 0.2) is 0 Å². The molecular formula is C25H31N3O4. The fourth-order valence-electron chi connectivity index (χ4n) is 3.91. The lowest BCUT2D eigenvalue weighted by Crippen LogP contribution is -2.38. The average Bonchev–Trinajstić information content (AvgIpc) is 3.05. The highest BCUT2D eigenvalue weighted by Gasteiger charge is 2.45. The van der Waals surface area contributed by atoms with Crippen molar-refractivity contribution in [3.63, 3.8) is 0 Å². The number of Topliss-reactive ketones (excluding diaryl/α,β-unsaturated/α-hetero) is 1. The predicted octanol–water partition coefficient (Wildman–Crippen LogP) is 3.63. The number of aliphatic hydroxyl groups excluding tert-OH is 1. The molecule has 32 heavy (non-hydrogen) atoms. The number of carbonyl (C=O) groups excluding carboxylic acids is 2. The maximum absolute atomic E-state index is 13.0. The molecule has 0 saturated carbocycles. The molecule has 1 N–H and O–H groups in total. The molecule has 3 rings (SSSR count). The van der Waals surface area contributed by atoms with E-state index in [1.54, 1.807) is 53.7 Å². The molecule has 2 heterocycles. The van der Waals surface area contributed by atoms with Crippen LogP contribution in [0.4, 0.5) is 0 Å². The Kier molecular flexibility index (Phi) is 7.64. The molecule has 2 aromatic rings. The lowest BCUT2D eigenvalue weighted by Gasteiger charge is -2.28. The van der Waals surface area contributed by atoms with Crippen LogP contribution >= 0.6 is 0 Å². The van der Waals surface area contributed by atoms with Gasteiger partial charge in [-0.2, -0.15) is 0 Å². The predicted molar refractivity (Wildman–Crippen MR) is 123 cm³/mol. The standard InChI is InChI=1S/C25H31N3O4/c1-5-27(6-2)15-16-28-22(18-11-13-26-14-12-18)21(24(30)25(28)31)23(29)19-7-9-20(10-8-19)32-17(3)4/h7-14,17,22,29H,5-6,15-16H2,1-4H3/b23-21-/t22-/m1/s1. The minimum atomic E-state index is -0.675. The second-order valence-corrected chi connectivity index (χ2v) is 7.99. The molecule has 1 atom stereocenters. The Hall–Kier alpha value is -3.19. The Morgan fingerprint density at radius 3 is 2.28 bits per heavy atom. The van der Waals surface area contributed by atoms with Gasteiger partial charge in [-0.05, 0) is 68.9 Å². The van der Waals surface area contributed by atoms with Gasteiger partial charge in [-0.25, -0.2) is 0 Å². The highest BCUT2D eigenvalue weighted by Crippen LogP contribution is 2.39. The van der Waals surface area contributed by atoms with Crippen LogP contribution in [0.15, 0.2) is 54.4 Å². The third-order valence-corrected chi connectivity index (χ3v) is 5.61. The Morgan fingerprint density at radius 2 is 1.72 bits per heavy atom. The summed E-state index contributed by atoms with van der Waals surface area (Å²) in [7, 11) is 0. The average molecular weight is 438 g/mol. The third kappa shape index (κ3) is 4.99. The Balaban J connectivity index is 2.02. The van der Waals surface area contributed by atoms with Crippen LogP contribution in [0, 0.1) is 0 Å². The highest BCUT2D eigenvalue weighted by molar-refractivity contribution is 6.46. The van der Waals surface area contributed by atoms with Crippen molar-refractivity contribution in [3.05, 3.63) is 65.5 Å². The number of carbonyl (C=O) groups is 2. The van der Waals surface area contributed by atoms with Crippen molar-refractivity contribution in [1.82, 2.24) is 14.8 Å². The minimum absolute atomic E-state index is 0.0252. The zero-order valence-electron chi connectivity index (χ0n) is 19.1. The Labute approximate surface area is 189 Å². The van der Waals surface area contributed by atoms with Gasteiger partial charge >= 0.3 is 0 Å². The molecule has 170 valence electrons. The van der Waals surface area contributed by atoms with E-state index in [2.05, 4.69) is 23.7 Å². The monoisotopic (exact) mass is 437 g/mol. The van der Waals surface area contributed by atoms with E-state index in [1.165, 1.54) is 0 Å². The van der Waals surface area contributed by atoms with Gasteiger partial charge in [-0.1, -0.05) is 13.8 Å². The molecular weight excluding hydrogens is 406 g/mol. The summed E-state index contributed by atoms with van der Waals surface area (Å²) in [5, 5.41) is 11.1. The minimum Gasteiger partial charge on any atom is -0.507 e. The van der Waals surface area contributed by atoms with E-state index < -0.39 is 17.7 Å². The van der Waals surface area contributed by atoms with Gasteiger partial charge in [0.25, 0.3) is 11.7 Å². The number of amides is 1. The molecule has 0 spiro atoms. The van der Waals surface area contributed by atoms with Crippen LogP contribution in [0.2, 0.25) is 0 Å². The quantitative estimate of drug-likeness (QED) is 0.366. The summed E-state index contributed by atoms with van der Waals surface area (Å²) in [4.78, 5) is 33.8. The first-order valence-corrected chi connectivity index (χ1v) is 11.0. The van der Waals surface area contributed by atoms with Crippen molar-refractivity contribution in [2.75, 3.05) is 26.2 Å². The van der Waals surface area contributed by atoms with Crippen LogP contribution in [0.5, 0.6) is 5.75 Å². The van der Waals surface area contributed by atoms with Crippen LogP contribution in [-0.4, -0.2) is 63.9 Å². The fourth-order valence-corrected chi connectivity index (χ4v) is 3.91. The molecule has 0 radical (unpaired) electrons. The van der Waals surface area contributed by atoms with E-state index in [4.69, 9.17) is 4.74 Å². The van der Waals surface area contributed by atoms with Gasteiger partial charge in [-0.15, -0.1) is 0 Å². The smallest absolute Gasteiger partial charge is 0.295 e. The Bertz CT molecular complexity index is 966. The number of hydrogen-bond donors (Lipinski definition) is 1. The molecule has 1 amide bonds. The van der Waals surface area contributed by atoms with Gasteiger partial charge in [0.2, 0.25) is 0 Å². The molecule has 1 aliphatic heterocycles. The van der Waals surface area contributed by atoms with Gasteiger partial charge in [0, 0.05) is 31.0 Å². The molecule has 1 aromatic heterocycles. The van der Waals surface area contributed by atoms with Crippen molar-refractivity contribution >= 4 is 17.4 Å². The van der Waals surface area contributed by atoms with E-state index in [0.717, 1.165) is 18.7 Å². The van der Waals surface area contributed by atoms with Crippen molar-refractivity contribution in [1.29, 1.82) is 0 Å². The number of aromatic nitrogens is 1. The number of ketones is 1. The summed E-state index contributed by atoms with van der Waals surface area (Å²) in [6, 6.07) is 9.75. The van der Waals surface area contributed by atoms with E-state index >= 15 is 0 Å². The maximum Gasteiger partial charge on any atom is 0.295 e. The van der Waals surface area contributed by atoms with Gasteiger partial charge in [-0.3, -0.25) is 14.6 Å². The lowest BCUT2D eigenvalue weighted by atomic mass is 9.96. The van der Waals surface area contributed by atoms with Gasteiger partial charge in [0.05, 0.1) is 17.7 Å². The third-order valence-electron chi connectivity index (χ3n) is 5.61. The van der Waals surface area contributed by atoms with E-state index in [0.29, 0.717) is 24.4 Å². The van der Waals surface area contributed by atoms with Crippen LogP contribution in [0.1, 0.15) is 44.9 Å². The van der Waals surface area contributed by atoms with Crippen LogP contribution in [-0.2, 0) is 9.59 Å². The number of likely N-dealkylation sites (tertiary alicyclic amines) is 1. The second kappa shape index (κ2) is 10.4. The summed E-state index contributed by atoms with van der Waals surface area (Å²) in [6.07, 6.45) is 3.27. The van der Waals surface area contributed by atoms with Crippen LogP contribution in [0.25, 0.3) is 5.76 Å². The summed E-state index contributed by atoms with van der Waals surface area (Å²) < 4.78 is 5.66. The summed E-state index contributed by atoms with van der Waals surface area (Å²) in [6.45, 7) is 10.7. The molecule has 0 aliphatic carbocycles. The number of rotatable bonds is 9. The van der Waals surface area contributed by atoms with Gasteiger partial charge < -0.3 is 19.6 Å². The molecule has 0 bridgehead atoms. The fraction of sp³-hybridized carbons (Fsp3) is 0.400. The van der Waals surface area contributed by atoms with E-state index in [1.807, 2.05) is 13.8 Å². The zero-order valence-corrected chi connectivity index (χ0v) is 19.1. The van der Waals surface area contributed by atoms with Crippen molar-refractivity contribution in [2.24, 2.45) is 0 Å². The SMILES string of the molecule is CCN(CC)CCN1C(=O)C(=O)/C(=C(\O)c2ccc(OC(C)C)cc2)[C@H]1c1ccncc1. The topological polar surface area (TPSA) is 83.0 Å². The number of ether oxygens (including phenoxy) is 1. The van der Waals surface area contributed by atoms with Gasteiger partial charge in [0.1, 0.15) is 11.5 Å². The molecule has 7 heteroatoms. The zero-order chi connectivity index (χ0) is 23.3. The summed E-state index contributed by atoms with van der Waals surface area (Å²) in [5.41, 5.74) is 1.29. The van der Waals surface area contributed by atoms with E-state index in [9.17, 15) is 14.7 Å². The summed E-state index contributed by atoms with van der Waals surface area (Å²) in [5.74, 6) is -0.792. The number of pyridine rings is 1. The second-order valence-electron chi connectivity index (χ2n) is 7.99. The molecule has 1 fully saturated rings. The molecule has 1 aromatic carbocycles. The lowest BCUT2D eigenvalue weighted by molar-refractivity contribution is -0.140. The first-order valence-electron chi connectivity index (χ1n) is 11.0. The van der Waals surface area contributed by atoms with E-state index in [-0.39, 0.29) is 17.4 Å². The van der Waals surface area contributed by atoms with Crippen molar-refractivity contribution < 1.29 is 19.4 Å². The highest BCUT2D eigenvalue weighted by atomic mass is 16.5. The van der Waals surface area contributed by atoms with Crippen LogP contribution in [0.3, 0.4) is 0 Å². The van der Waals surface area contributed by atoms with Crippen LogP contribution < -0.4 is 4.74 Å². The van der Waals surface area contributed by atoms with Crippen molar-refractivity contribution in [3.8, 4) is 5.75 Å². The number of nitrogens with zero attached hydrogens (tertiary/aromatic N) is 3. The number of aliphatic hydroxyl groups is 1. The molecule has 1 saturated heterocycles. The molecule has 7 nitrogen and oxygen atoms in total. The first kappa shape index (κ1) is 23.5. The largest absolute Gasteiger partial charge is 0.507 e. The summed E-state index contributed by atoms with van der Waals surface area (Å²) >= 11 is 0. The normalized spacial score (nSPS) is 18.1. The van der Waals surface area contributed by atoms with Crippen molar-refractivity contribution in [2.45, 2.75) is 39.8 Å². The Morgan fingerprint density at radius 1 is 1.09 bits per heavy atom. The number of likely N-dealkylation sites (N-methyl/N-ethyl adjacent to an activating group) is 1. The number of hydrogen-bond acceptors (Lipinski definition) is 6.